The van der Waals surface area contributed by atoms with Crippen LogP contribution in [-0.4, -0.2) is 40.7 Å². The number of carbonyl (C=O) groups excluding carboxylic acids is 1. The smallest absolute Gasteiger partial charge is 0.317 e. The lowest BCUT2D eigenvalue weighted by molar-refractivity contribution is 0.0565. The van der Waals surface area contributed by atoms with Crippen LogP contribution in [0, 0.1) is 5.92 Å². The van der Waals surface area contributed by atoms with Gasteiger partial charge in [0.15, 0.2) is 0 Å². The zero-order valence-electron chi connectivity index (χ0n) is 11.2. The third-order valence-electron chi connectivity index (χ3n) is 3.63. The summed E-state index contributed by atoms with van der Waals surface area (Å²) >= 11 is 1.52. The minimum atomic E-state index is -0.262. The summed E-state index contributed by atoms with van der Waals surface area (Å²) in [6.07, 6.45) is 3.85. The molecule has 1 saturated carbocycles. The molecule has 0 saturated heterocycles. The fourth-order valence-corrected chi connectivity index (χ4v) is 3.02. The molecule has 0 bridgehead atoms. The van der Waals surface area contributed by atoms with Gasteiger partial charge >= 0.3 is 6.03 Å². The van der Waals surface area contributed by atoms with Gasteiger partial charge in [-0.2, -0.15) is 0 Å². The maximum absolute atomic E-state index is 11.9. The molecule has 0 aromatic carbocycles. The number of aromatic nitrogens is 1. The standard InChI is InChI=1S/C13H21N3O2S/c1-16(7-10-4-2-3-5-12(10)17)13(18)14-6-11-8-19-9-15-11/h8-10,12,17H,2-7H2,1H3,(H,14,18). The molecule has 1 heterocycles. The van der Waals surface area contributed by atoms with E-state index < -0.39 is 0 Å². The minimum Gasteiger partial charge on any atom is -0.393 e. The second-order valence-electron chi connectivity index (χ2n) is 5.13. The van der Waals surface area contributed by atoms with E-state index >= 15 is 0 Å². The zero-order valence-corrected chi connectivity index (χ0v) is 12.0. The fourth-order valence-electron chi connectivity index (χ4n) is 2.46. The Kier molecular flexibility index (Phi) is 5.15. The Morgan fingerprint density at radius 2 is 2.37 bits per heavy atom. The van der Waals surface area contributed by atoms with E-state index in [0.29, 0.717) is 13.1 Å². The number of thiazole rings is 1. The fraction of sp³-hybridized carbons (Fsp3) is 0.692. The monoisotopic (exact) mass is 283 g/mol. The van der Waals surface area contributed by atoms with Crippen molar-refractivity contribution >= 4 is 17.4 Å². The van der Waals surface area contributed by atoms with Gasteiger partial charge in [-0.3, -0.25) is 0 Å². The number of amides is 2. The first kappa shape index (κ1) is 14.3. The second-order valence-corrected chi connectivity index (χ2v) is 5.85. The second kappa shape index (κ2) is 6.86. The quantitative estimate of drug-likeness (QED) is 0.886. The van der Waals surface area contributed by atoms with E-state index in [-0.39, 0.29) is 18.1 Å². The van der Waals surface area contributed by atoms with E-state index in [9.17, 15) is 9.90 Å². The van der Waals surface area contributed by atoms with Gasteiger partial charge in [-0.25, -0.2) is 9.78 Å². The highest BCUT2D eigenvalue weighted by Crippen LogP contribution is 2.24. The summed E-state index contributed by atoms with van der Waals surface area (Å²) in [5.74, 6) is 0.212. The van der Waals surface area contributed by atoms with Crippen molar-refractivity contribution in [2.24, 2.45) is 5.92 Å². The Balaban J connectivity index is 1.75. The number of nitrogens with zero attached hydrogens (tertiary/aromatic N) is 2. The lowest BCUT2D eigenvalue weighted by Crippen LogP contribution is -2.42. The van der Waals surface area contributed by atoms with Gasteiger partial charge in [-0.15, -0.1) is 11.3 Å². The molecule has 1 aliphatic rings. The molecule has 1 aliphatic carbocycles. The Hall–Kier alpha value is -1.14. The molecule has 6 heteroatoms. The third kappa shape index (κ3) is 4.18. The molecule has 5 nitrogen and oxygen atoms in total. The molecule has 2 atom stereocenters. The van der Waals surface area contributed by atoms with Crippen molar-refractivity contribution in [3.05, 3.63) is 16.6 Å². The lowest BCUT2D eigenvalue weighted by Gasteiger charge is -2.31. The molecule has 2 rings (SSSR count). The van der Waals surface area contributed by atoms with Gasteiger partial charge in [0.05, 0.1) is 23.9 Å². The van der Waals surface area contributed by atoms with Crippen LogP contribution in [0.4, 0.5) is 4.79 Å². The molecule has 0 spiro atoms. The topological polar surface area (TPSA) is 65.5 Å². The van der Waals surface area contributed by atoms with Crippen LogP contribution in [0.15, 0.2) is 10.9 Å². The predicted molar refractivity (Wildman–Crippen MR) is 74.9 cm³/mol. The molecule has 2 amide bonds. The average molecular weight is 283 g/mol. The van der Waals surface area contributed by atoms with Gasteiger partial charge in [0.25, 0.3) is 0 Å². The number of nitrogens with one attached hydrogen (secondary N) is 1. The highest BCUT2D eigenvalue weighted by Gasteiger charge is 2.25. The molecule has 1 aromatic rings. The van der Waals surface area contributed by atoms with Crippen molar-refractivity contribution in [2.75, 3.05) is 13.6 Å². The Morgan fingerprint density at radius 1 is 1.58 bits per heavy atom. The SMILES string of the molecule is CN(CC1CCCCC1O)C(=O)NCc1cscn1. The average Bonchev–Trinajstić information content (AvgIpc) is 2.91. The first-order chi connectivity index (χ1) is 9.16. The molecule has 2 unspecified atom stereocenters. The Labute approximate surface area is 117 Å². The number of aliphatic hydroxyl groups excluding tert-OH is 1. The summed E-state index contributed by atoms with van der Waals surface area (Å²) in [6.45, 7) is 1.07. The first-order valence-corrected chi connectivity index (χ1v) is 7.65. The van der Waals surface area contributed by atoms with Crippen LogP contribution in [0.1, 0.15) is 31.4 Å². The molecule has 2 N–H and O–H groups in total. The van der Waals surface area contributed by atoms with Crippen LogP contribution >= 0.6 is 11.3 Å². The van der Waals surface area contributed by atoms with Crippen molar-refractivity contribution in [2.45, 2.75) is 38.3 Å². The van der Waals surface area contributed by atoms with Crippen LogP contribution in [-0.2, 0) is 6.54 Å². The van der Waals surface area contributed by atoms with E-state index in [1.807, 2.05) is 5.38 Å². The Morgan fingerprint density at radius 3 is 3.05 bits per heavy atom. The molecule has 19 heavy (non-hydrogen) atoms. The van der Waals surface area contributed by atoms with Crippen molar-refractivity contribution < 1.29 is 9.90 Å². The van der Waals surface area contributed by atoms with Crippen LogP contribution in [0.3, 0.4) is 0 Å². The highest BCUT2D eigenvalue weighted by molar-refractivity contribution is 7.07. The number of rotatable bonds is 4. The molecule has 1 aromatic heterocycles. The molecule has 106 valence electrons. The van der Waals surface area contributed by atoms with Gasteiger partial charge < -0.3 is 15.3 Å². The summed E-state index contributed by atoms with van der Waals surface area (Å²) in [7, 11) is 1.78. The first-order valence-electron chi connectivity index (χ1n) is 6.71. The minimum absolute atomic E-state index is 0.106. The largest absolute Gasteiger partial charge is 0.393 e. The highest BCUT2D eigenvalue weighted by atomic mass is 32.1. The van der Waals surface area contributed by atoms with Crippen LogP contribution in [0.5, 0.6) is 0 Å². The molecular weight excluding hydrogens is 262 g/mol. The summed E-state index contributed by atoms with van der Waals surface area (Å²) in [6, 6.07) is -0.106. The van der Waals surface area contributed by atoms with Crippen molar-refractivity contribution in [3.8, 4) is 0 Å². The predicted octanol–water partition coefficient (Wildman–Crippen LogP) is 1.84. The van der Waals surface area contributed by atoms with E-state index in [2.05, 4.69) is 10.3 Å². The Bertz CT molecular complexity index is 397. The lowest BCUT2D eigenvalue weighted by atomic mass is 9.86. The number of hydrogen-bond donors (Lipinski definition) is 2. The maximum atomic E-state index is 11.9. The molecular formula is C13H21N3O2S. The maximum Gasteiger partial charge on any atom is 0.317 e. The van der Waals surface area contributed by atoms with E-state index in [0.717, 1.165) is 31.4 Å². The van der Waals surface area contributed by atoms with Gasteiger partial charge in [0.1, 0.15) is 0 Å². The normalized spacial score (nSPS) is 23.1. The number of hydrogen-bond acceptors (Lipinski definition) is 4. The van der Waals surface area contributed by atoms with Crippen LogP contribution < -0.4 is 5.32 Å². The number of urea groups is 1. The van der Waals surface area contributed by atoms with Crippen molar-refractivity contribution in [1.82, 2.24) is 15.2 Å². The van der Waals surface area contributed by atoms with Crippen molar-refractivity contribution in [3.63, 3.8) is 0 Å². The third-order valence-corrected chi connectivity index (χ3v) is 4.26. The zero-order chi connectivity index (χ0) is 13.7. The van der Waals surface area contributed by atoms with Gasteiger partial charge in [-0.05, 0) is 12.8 Å². The van der Waals surface area contributed by atoms with E-state index in [1.165, 1.54) is 11.3 Å². The molecule has 0 radical (unpaired) electrons. The van der Waals surface area contributed by atoms with Gasteiger partial charge in [-0.1, -0.05) is 12.8 Å². The van der Waals surface area contributed by atoms with E-state index in [4.69, 9.17) is 0 Å². The molecule has 0 aliphatic heterocycles. The number of carbonyl (C=O) groups is 1. The van der Waals surface area contributed by atoms with Gasteiger partial charge in [0, 0.05) is 24.9 Å². The number of aliphatic hydroxyl groups is 1. The summed E-state index contributed by atoms with van der Waals surface area (Å²) in [5, 5.41) is 14.7. The summed E-state index contributed by atoms with van der Waals surface area (Å²) in [5.41, 5.74) is 2.63. The van der Waals surface area contributed by atoms with E-state index in [1.54, 1.807) is 17.5 Å². The summed E-state index contributed by atoms with van der Waals surface area (Å²) in [4.78, 5) is 17.7. The van der Waals surface area contributed by atoms with Crippen LogP contribution in [0.25, 0.3) is 0 Å². The van der Waals surface area contributed by atoms with Gasteiger partial charge in [0.2, 0.25) is 0 Å². The molecule has 1 fully saturated rings. The summed E-state index contributed by atoms with van der Waals surface area (Å²) < 4.78 is 0. The van der Waals surface area contributed by atoms with Crippen molar-refractivity contribution in [1.29, 1.82) is 0 Å². The van der Waals surface area contributed by atoms with Crippen LogP contribution in [0.2, 0.25) is 0 Å².